The van der Waals surface area contributed by atoms with Crippen LogP contribution in [0, 0.1) is 11.8 Å². The van der Waals surface area contributed by atoms with Gasteiger partial charge in [0.25, 0.3) is 0 Å². The molecule has 0 spiro atoms. The van der Waals surface area contributed by atoms with Crippen LogP contribution in [0.2, 0.25) is 0 Å². The number of rotatable bonds is 0. The molecule has 0 unspecified atom stereocenters. The van der Waals surface area contributed by atoms with Crippen LogP contribution >= 0.6 is 22.7 Å². The van der Waals surface area contributed by atoms with Gasteiger partial charge in [-0.15, -0.1) is 22.7 Å². The second-order valence-corrected chi connectivity index (χ2v) is 15.6. The molecule has 4 heteroatoms. The Morgan fingerprint density at radius 1 is 0.477 bits per heavy atom. The number of hydrogen-bond acceptors (Lipinski definition) is 4. The van der Waals surface area contributed by atoms with Crippen LogP contribution in [0.1, 0.15) is 72.9 Å². The van der Waals surface area contributed by atoms with Gasteiger partial charge in [-0.2, -0.15) is 0 Å². The van der Waals surface area contributed by atoms with Crippen molar-refractivity contribution >= 4 is 63.4 Å². The van der Waals surface area contributed by atoms with Crippen LogP contribution in [0.5, 0.6) is 0 Å². The Labute approximate surface area is 264 Å². The van der Waals surface area contributed by atoms with Gasteiger partial charge < -0.3 is 0 Å². The van der Waals surface area contributed by atoms with E-state index in [4.69, 9.17) is 9.97 Å². The van der Waals surface area contributed by atoms with Crippen molar-refractivity contribution in [2.24, 2.45) is 11.8 Å². The van der Waals surface area contributed by atoms with E-state index in [9.17, 15) is 0 Å². The quantitative estimate of drug-likeness (QED) is 0.162. The maximum absolute atomic E-state index is 5.55. The van der Waals surface area contributed by atoms with Crippen molar-refractivity contribution in [3.05, 3.63) is 107 Å². The van der Waals surface area contributed by atoms with Gasteiger partial charge in [0.2, 0.25) is 0 Å². The fourth-order valence-corrected chi connectivity index (χ4v) is 11.8. The van der Waals surface area contributed by atoms with Crippen molar-refractivity contribution in [2.75, 3.05) is 0 Å². The zero-order chi connectivity index (χ0) is 28.5. The third-order valence-electron chi connectivity index (χ3n) is 11.2. The first-order valence-corrected chi connectivity index (χ1v) is 17.9. The Balaban J connectivity index is 1.33. The summed E-state index contributed by atoms with van der Waals surface area (Å²) in [5.74, 6) is 2.32. The van der Waals surface area contributed by atoms with Crippen LogP contribution in [-0.4, -0.2) is 9.97 Å². The monoisotopic (exact) mass is 602 g/mol. The van der Waals surface area contributed by atoms with Crippen LogP contribution in [0.4, 0.5) is 0 Å². The molecule has 2 nitrogen and oxygen atoms in total. The molecular weight excluding hydrogens is 573 g/mol. The van der Waals surface area contributed by atoms with Crippen LogP contribution in [0.3, 0.4) is 0 Å². The third-order valence-corrected chi connectivity index (χ3v) is 13.5. The molecule has 44 heavy (non-hydrogen) atoms. The minimum absolute atomic E-state index is 0.506. The summed E-state index contributed by atoms with van der Waals surface area (Å²) < 4.78 is 5.41. The Bertz CT molecular complexity index is 2320. The van der Waals surface area contributed by atoms with Crippen molar-refractivity contribution in [1.82, 2.24) is 9.97 Å². The highest BCUT2D eigenvalue weighted by molar-refractivity contribution is 7.25. The number of nitrogens with zero attached hydrogens (tertiary/aromatic N) is 2. The predicted molar refractivity (Wildman–Crippen MR) is 186 cm³/mol. The van der Waals surface area contributed by atoms with E-state index in [0.29, 0.717) is 23.7 Å². The molecule has 1 fully saturated rings. The van der Waals surface area contributed by atoms with Crippen molar-refractivity contribution < 1.29 is 0 Å². The molecule has 5 aromatic rings. The highest BCUT2D eigenvalue weighted by Crippen LogP contribution is 2.56. The summed E-state index contributed by atoms with van der Waals surface area (Å²) in [6.45, 7) is 0. The lowest BCUT2D eigenvalue weighted by Gasteiger charge is -2.37. The number of allylic oxidation sites excluding steroid dienone is 4. The standard InChI is InChI=1S/C40H30N2S2/c1-2-6-26-25(5-1)29-17-33-27-7-3-4-8-28(27)34(43-33)19-31-37-21-9-11-22(12-10-21)38(37)32(42-31)20-36-40-24-15-13-23(14-16-24)39(40)35(44-36)18-30(26)41-29/h1-8,13,15,17-24H,9-12,14,16H2/t21?,22?,23-,24+/m0/s1. The SMILES string of the molecule is C1=C[C@H]2CC[C@@H]1c1c2c2cc3nc(cc4sc(cc5nc(cc1s2)C1=C5C2CCC1CC2)c1ccccc41)-c1ccccc1-3. The van der Waals surface area contributed by atoms with E-state index in [1.54, 1.807) is 22.3 Å². The number of aromatic nitrogens is 2. The Kier molecular flexibility index (Phi) is 4.93. The summed E-state index contributed by atoms with van der Waals surface area (Å²) in [5, 5.41) is 2.62. The van der Waals surface area contributed by atoms with Crippen LogP contribution in [0.25, 0.3) is 63.2 Å². The largest absolute Gasteiger partial charge is 0.248 e. The highest BCUT2D eigenvalue weighted by atomic mass is 32.1. The summed E-state index contributed by atoms with van der Waals surface area (Å²) in [6, 6.07) is 27.4. The molecule has 3 aromatic heterocycles. The molecule has 2 atom stereocenters. The normalized spacial score (nSPS) is 24.1. The predicted octanol–water partition coefficient (Wildman–Crippen LogP) is 11.5. The average Bonchev–Trinajstić information content (AvgIpc) is 3.83. The molecule has 212 valence electrons. The van der Waals surface area contributed by atoms with E-state index < -0.39 is 0 Å². The highest BCUT2D eigenvalue weighted by Gasteiger charge is 2.40. The molecule has 0 N–H and O–H groups in total. The smallest absolute Gasteiger partial charge is 0.0730 e. The fourth-order valence-electron chi connectivity index (χ4n) is 9.30. The van der Waals surface area contributed by atoms with Gasteiger partial charge in [-0.25, -0.2) is 9.97 Å². The van der Waals surface area contributed by atoms with Crippen molar-refractivity contribution in [3.63, 3.8) is 0 Å². The van der Waals surface area contributed by atoms with Gasteiger partial charge in [-0.3, -0.25) is 0 Å². The van der Waals surface area contributed by atoms with Gasteiger partial charge >= 0.3 is 0 Å². The Morgan fingerprint density at radius 3 is 1.45 bits per heavy atom. The molecule has 12 bridgehead atoms. The molecule has 13 rings (SSSR count). The lowest BCUT2D eigenvalue weighted by molar-refractivity contribution is 0.353. The lowest BCUT2D eigenvalue weighted by Crippen LogP contribution is -2.23. The Morgan fingerprint density at radius 2 is 0.909 bits per heavy atom. The molecule has 2 aromatic carbocycles. The summed E-state index contributed by atoms with van der Waals surface area (Å²) >= 11 is 3.87. The molecule has 0 saturated heterocycles. The van der Waals surface area contributed by atoms with Gasteiger partial charge in [0.1, 0.15) is 0 Å². The van der Waals surface area contributed by atoms with Gasteiger partial charge in [-0.05, 0) is 96.9 Å². The summed E-state index contributed by atoms with van der Waals surface area (Å²) in [6.07, 6.45) is 12.7. The van der Waals surface area contributed by atoms with Crippen molar-refractivity contribution in [2.45, 2.75) is 50.4 Å². The van der Waals surface area contributed by atoms with Gasteiger partial charge in [0.15, 0.2) is 0 Å². The molecule has 0 radical (unpaired) electrons. The maximum Gasteiger partial charge on any atom is 0.0730 e. The van der Waals surface area contributed by atoms with E-state index >= 15 is 0 Å². The van der Waals surface area contributed by atoms with Crippen LogP contribution in [-0.2, 0) is 0 Å². The molecular formula is C40H30N2S2. The van der Waals surface area contributed by atoms with Crippen LogP contribution in [0.15, 0.2) is 84.9 Å². The van der Waals surface area contributed by atoms with E-state index in [1.165, 1.54) is 90.6 Å². The second kappa shape index (κ2) is 8.87. The topological polar surface area (TPSA) is 25.8 Å². The van der Waals surface area contributed by atoms with Crippen LogP contribution < -0.4 is 0 Å². The number of benzene rings is 2. The van der Waals surface area contributed by atoms with Gasteiger partial charge in [0, 0.05) is 52.5 Å². The first-order chi connectivity index (χ1) is 21.8. The lowest BCUT2D eigenvalue weighted by atomic mass is 9.66. The zero-order valence-electron chi connectivity index (χ0n) is 24.3. The first kappa shape index (κ1) is 24.5. The summed E-state index contributed by atoms with van der Waals surface area (Å²) in [4.78, 5) is 10.9. The van der Waals surface area contributed by atoms with E-state index in [1.807, 2.05) is 22.7 Å². The van der Waals surface area contributed by atoms with E-state index in [2.05, 4.69) is 84.9 Å². The second-order valence-electron chi connectivity index (χ2n) is 13.5. The number of hydrogen-bond donors (Lipinski definition) is 0. The molecule has 2 aliphatic heterocycles. The minimum Gasteiger partial charge on any atom is -0.248 e. The molecule has 6 aliphatic carbocycles. The number of fused-ring (bicyclic) bond motifs is 17. The Hall–Kier alpha value is -3.86. The number of thiophene rings is 2. The van der Waals surface area contributed by atoms with Crippen molar-refractivity contribution in [1.29, 1.82) is 0 Å². The van der Waals surface area contributed by atoms with Gasteiger partial charge in [-0.1, -0.05) is 60.7 Å². The summed E-state index contributed by atoms with van der Waals surface area (Å²) in [7, 11) is 0. The average molecular weight is 603 g/mol. The van der Waals surface area contributed by atoms with E-state index in [0.717, 1.165) is 11.4 Å². The fraction of sp³-hybridized carbons (Fsp3) is 0.250. The molecule has 5 heterocycles. The minimum atomic E-state index is 0.506. The van der Waals surface area contributed by atoms with Gasteiger partial charge in [0.05, 0.1) is 22.8 Å². The van der Waals surface area contributed by atoms with E-state index in [-0.39, 0.29) is 0 Å². The molecule has 0 amide bonds. The zero-order valence-corrected chi connectivity index (χ0v) is 26.0. The first-order valence-electron chi connectivity index (χ1n) is 16.3. The third kappa shape index (κ3) is 3.31. The van der Waals surface area contributed by atoms with Crippen molar-refractivity contribution in [3.8, 4) is 22.5 Å². The molecule has 1 saturated carbocycles. The maximum atomic E-state index is 5.55. The molecule has 8 aliphatic rings. The summed E-state index contributed by atoms with van der Waals surface area (Å²) in [5.41, 5.74) is 13.4.